The first-order valence-electron chi connectivity index (χ1n) is 25.2. The van der Waals surface area contributed by atoms with Gasteiger partial charge < -0.3 is 37.9 Å². The highest BCUT2D eigenvalue weighted by molar-refractivity contribution is 6.11. The number of unbranched alkanes of at least 4 members (excludes halogenated alkanes) is 9. The van der Waals surface area contributed by atoms with E-state index in [0.717, 1.165) is 116 Å². The van der Waals surface area contributed by atoms with Crippen LogP contribution in [0, 0.1) is 0 Å². The van der Waals surface area contributed by atoms with Crippen molar-refractivity contribution < 1.29 is 52.3 Å². The molecule has 0 spiro atoms. The van der Waals surface area contributed by atoms with E-state index in [1.807, 2.05) is 84.9 Å². The zero-order valence-electron chi connectivity index (χ0n) is 41.5. The fraction of sp³-hybridized carbons (Fsp3) is 0.390. The highest BCUT2D eigenvalue weighted by Crippen LogP contribution is 2.35. The molecule has 376 valence electrons. The molecule has 0 N–H and O–H groups in total. The van der Waals surface area contributed by atoms with E-state index in [1.165, 1.54) is 12.5 Å². The number of pyridine rings is 1. The second kappa shape index (κ2) is 30.0. The molecule has 1 aromatic heterocycles. The number of rotatable bonds is 33. The largest absolute Gasteiger partial charge is 0.494 e. The molecule has 6 aromatic rings. The van der Waals surface area contributed by atoms with E-state index in [4.69, 9.17) is 42.9 Å². The lowest BCUT2D eigenvalue weighted by Crippen LogP contribution is -2.09. The van der Waals surface area contributed by atoms with Crippen molar-refractivity contribution in [1.82, 2.24) is 4.98 Å². The van der Waals surface area contributed by atoms with E-state index in [-0.39, 0.29) is 19.1 Å². The SMILES string of the molecule is C=CC(=O)OCCCCCCOc1ccc(CCOC(=O)c2ccc3c(c2)nc(Oc2ccc(OCCCCCC)cc2)c2cc(C(=O)OCCc4ccc(OCCCCCCOC)cc4)ccc23)cc1. The molecule has 0 fully saturated rings. The monoisotopic (exact) mass is 967 g/mol. The molecule has 0 saturated heterocycles. The number of hydrogen-bond acceptors (Lipinski definition) is 12. The molecule has 0 saturated carbocycles. The number of esters is 3. The maximum absolute atomic E-state index is 13.5. The standard InChI is InChI=1S/C59H69NO11/c1-4-6-7-13-36-67-50-27-29-51(30-28-50)71-57-54-42-46(58(62)69-40-33-44-17-23-48(24-18-44)65-37-14-9-8-12-35-64-3)21-31-52(54)53-32-22-47(43-55(53)60-57)59(63)70-41-34-45-19-25-49(26-20-45)66-38-15-10-11-16-39-68-56(61)5-2/h5,17-32,42-43H,2,4,6-16,33-41H2,1,3H3. The van der Waals surface area contributed by atoms with Gasteiger partial charge in [-0.05, 0) is 141 Å². The number of methoxy groups -OCH3 is 1. The third-order valence-electron chi connectivity index (χ3n) is 11.9. The lowest BCUT2D eigenvalue weighted by molar-refractivity contribution is -0.137. The number of hydrogen-bond donors (Lipinski definition) is 0. The van der Waals surface area contributed by atoms with Gasteiger partial charge in [0.25, 0.3) is 0 Å². The minimum absolute atomic E-state index is 0.188. The summed E-state index contributed by atoms with van der Waals surface area (Å²) in [6.07, 6.45) is 14.6. The molecule has 12 nitrogen and oxygen atoms in total. The van der Waals surface area contributed by atoms with E-state index < -0.39 is 17.9 Å². The first-order valence-corrected chi connectivity index (χ1v) is 25.2. The molecule has 0 bridgehead atoms. The Morgan fingerprint density at radius 1 is 0.479 bits per heavy atom. The maximum atomic E-state index is 13.5. The fourth-order valence-electron chi connectivity index (χ4n) is 7.81. The van der Waals surface area contributed by atoms with Gasteiger partial charge in [-0.25, -0.2) is 19.4 Å². The van der Waals surface area contributed by atoms with Gasteiger partial charge in [-0.3, -0.25) is 0 Å². The molecule has 12 heteroatoms. The lowest BCUT2D eigenvalue weighted by atomic mass is 10.0. The first kappa shape index (κ1) is 53.4. The molecule has 0 unspecified atom stereocenters. The van der Waals surface area contributed by atoms with E-state index in [9.17, 15) is 14.4 Å². The van der Waals surface area contributed by atoms with Gasteiger partial charge in [0.15, 0.2) is 0 Å². The van der Waals surface area contributed by atoms with Crippen LogP contribution in [0.25, 0.3) is 21.7 Å². The Kier molecular flexibility index (Phi) is 22.5. The maximum Gasteiger partial charge on any atom is 0.338 e. The van der Waals surface area contributed by atoms with Crippen LogP contribution in [0.2, 0.25) is 0 Å². The third kappa shape index (κ3) is 18.1. The van der Waals surface area contributed by atoms with Crippen LogP contribution >= 0.6 is 0 Å². The average molecular weight is 968 g/mol. The fourth-order valence-corrected chi connectivity index (χ4v) is 7.81. The van der Waals surface area contributed by atoms with Gasteiger partial charge in [-0.2, -0.15) is 0 Å². The summed E-state index contributed by atoms with van der Waals surface area (Å²) < 4.78 is 45.8. The summed E-state index contributed by atoms with van der Waals surface area (Å²) in [4.78, 5) is 43.0. The normalized spacial score (nSPS) is 11.0. The van der Waals surface area contributed by atoms with Crippen LogP contribution in [0.4, 0.5) is 0 Å². The summed E-state index contributed by atoms with van der Waals surface area (Å²) >= 11 is 0. The van der Waals surface area contributed by atoms with E-state index >= 15 is 0 Å². The highest BCUT2D eigenvalue weighted by Gasteiger charge is 2.18. The van der Waals surface area contributed by atoms with Crippen molar-refractivity contribution in [1.29, 1.82) is 0 Å². The van der Waals surface area contributed by atoms with Gasteiger partial charge in [-0.15, -0.1) is 0 Å². The van der Waals surface area contributed by atoms with Crippen LogP contribution in [-0.4, -0.2) is 76.2 Å². The summed E-state index contributed by atoms with van der Waals surface area (Å²) in [6, 6.07) is 33.7. The Morgan fingerprint density at radius 3 is 1.46 bits per heavy atom. The Hall–Kier alpha value is -6.92. The van der Waals surface area contributed by atoms with E-state index in [2.05, 4.69) is 13.5 Å². The highest BCUT2D eigenvalue weighted by atomic mass is 16.5. The zero-order valence-corrected chi connectivity index (χ0v) is 41.5. The quantitative estimate of drug-likeness (QED) is 0.0128. The van der Waals surface area contributed by atoms with Gasteiger partial charge in [-0.1, -0.05) is 75.6 Å². The predicted molar refractivity (Wildman–Crippen MR) is 277 cm³/mol. The Morgan fingerprint density at radius 2 is 0.944 bits per heavy atom. The minimum atomic E-state index is -0.470. The lowest BCUT2D eigenvalue weighted by Gasteiger charge is -2.14. The Bertz CT molecular complexity index is 2580. The van der Waals surface area contributed by atoms with Crippen molar-refractivity contribution in [3.8, 4) is 28.9 Å². The third-order valence-corrected chi connectivity index (χ3v) is 11.9. The van der Waals surface area contributed by atoms with Crippen molar-refractivity contribution >= 4 is 39.6 Å². The van der Waals surface area contributed by atoms with Gasteiger partial charge in [0.05, 0.1) is 56.3 Å². The van der Waals surface area contributed by atoms with Crippen LogP contribution in [0.5, 0.6) is 28.9 Å². The molecule has 71 heavy (non-hydrogen) atoms. The molecule has 0 aliphatic rings. The van der Waals surface area contributed by atoms with Gasteiger partial charge in [0, 0.05) is 43.4 Å². The first-order chi connectivity index (χ1) is 34.8. The summed E-state index contributed by atoms with van der Waals surface area (Å²) in [5.41, 5.74) is 3.28. The van der Waals surface area contributed by atoms with Crippen molar-refractivity contribution in [2.24, 2.45) is 0 Å². The second-order valence-corrected chi connectivity index (χ2v) is 17.3. The summed E-state index contributed by atoms with van der Waals surface area (Å²) in [5.74, 6) is 1.82. The van der Waals surface area contributed by atoms with Gasteiger partial charge in [0.2, 0.25) is 5.88 Å². The smallest absolute Gasteiger partial charge is 0.338 e. The van der Waals surface area contributed by atoms with Gasteiger partial charge >= 0.3 is 17.9 Å². The van der Waals surface area contributed by atoms with E-state index in [1.54, 1.807) is 31.4 Å². The topological polar surface area (TPSA) is 138 Å². The summed E-state index contributed by atoms with van der Waals surface area (Å²) in [6.45, 7) is 9.07. The number of carbonyl (C=O) groups is 3. The molecule has 1 heterocycles. The molecule has 0 amide bonds. The molecule has 5 aromatic carbocycles. The van der Waals surface area contributed by atoms with Crippen molar-refractivity contribution in [2.45, 2.75) is 96.8 Å². The molecule has 0 radical (unpaired) electrons. The number of fused-ring (bicyclic) bond motifs is 3. The van der Waals surface area contributed by atoms with Crippen molar-refractivity contribution in [3.05, 3.63) is 144 Å². The van der Waals surface area contributed by atoms with Crippen molar-refractivity contribution in [2.75, 3.05) is 53.4 Å². The van der Waals surface area contributed by atoms with Crippen LogP contribution in [0.1, 0.15) is 116 Å². The number of ether oxygens (including phenoxy) is 8. The number of aromatic nitrogens is 1. The van der Waals surface area contributed by atoms with Crippen molar-refractivity contribution in [3.63, 3.8) is 0 Å². The molecule has 0 aliphatic heterocycles. The molecule has 0 aliphatic carbocycles. The molecule has 0 atom stereocenters. The average Bonchev–Trinajstić information content (AvgIpc) is 3.40. The summed E-state index contributed by atoms with van der Waals surface area (Å²) in [5, 5.41) is 2.18. The minimum Gasteiger partial charge on any atom is -0.494 e. The Balaban J connectivity index is 1.06. The van der Waals surface area contributed by atoms with Crippen LogP contribution in [0.3, 0.4) is 0 Å². The number of nitrogens with zero attached hydrogens (tertiary/aromatic N) is 1. The van der Waals surface area contributed by atoms with Crippen LogP contribution in [0.15, 0.2) is 122 Å². The molecular formula is C59H69NO11. The second-order valence-electron chi connectivity index (χ2n) is 17.3. The predicted octanol–water partition coefficient (Wildman–Crippen LogP) is 13.2. The number of benzene rings is 5. The van der Waals surface area contributed by atoms with Crippen LogP contribution < -0.4 is 18.9 Å². The number of carbonyl (C=O) groups excluding carboxylic acids is 3. The molecular weight excluding hydrogens is 899 g/mol. The molecule has 6 rings (SSSR count). The Labute approximate surface area is 418 Å². The zero-order chi connectivity index (χ0) is 49.9. The van der Waals surface area contributed by atoms with Crippen LogP contribution in [-0.2, 0) is 36.6 Å². The van der Waals surface area contributed by atoms with E-state index in [0.29, 0.717) is 67.0 Å². The summed E-state index contributed by atoms with van der Waals surface area (Å²) in [7, 11) is 1.73. The van der Waals surface area contributed by atoms with Gasteiger partial charge in [0.1, 0.15) is 23.0 Å².